The molecule has 2 atom stereocenters. The number of hydrogen-bond donors (Lipinski definition) is 2. The lowest BCUT2D eigenvalue weighted by atomic mass is 10.1. The van der Waals surface area contributed by atoms with Crippen molar-refractivity contribution in [3.8, 4) is 11.9 Å². The topological polar surface area (TPSA) is 176 Å². The van der Waals surface area contributed by atoms with Crippen molar-refractivity contribution in [1.29, 1.82) is 0 Å². The number of morpholine rings is 2. The van der Waals surface area contributed by atoms with E-state index in [1.54, 1.807) is 48.5 Å². The van der Waals surface area contributed by atoms with Gasteiger partial charge in [-0.05, 0) is 60.8 Å². The average molecular weight is 972 g/mol. The Hall–Kier alpha value is -6.87. The molecule has 0 saturated carbocycles. The van der Waals surface area contributed by atoms with E-state index in [1.807, 2.05) is 84.3 Å². The van der Waals surface area contributed by atoms with Gasteiger partial charge in [-0.25, -0.2) is 27.5 Å². The van der Waals surface area contributed by atoms with Gasteiger partial charge in [-0.15, -0.1) is 0 Å². The van der Waals surface area contributed by atoms with E-state index in [2.05, 4.69) is 45.2 Å². The number of alkyl halides is 4. The first-order valence-electron chi connectivity index (χ1n) is 21.5. The fourth-order valence-electron chi connectivity index (χ4n) is 7.34. The summed E-state index contributed by atoms with van der Waals surface area (Å²) in [4.78, 5) is 38.2. The zero-order chi connectivity index (χ0) is 46.9. The molecule has 16 nitrogen and oxygen atoms in total. The molecule has 4 aromatic carbocycles. The van der Waals surface area contributed by atoms with Crippen LogP contribution < -0.4 is 20.9 Å². The van der Waals surface area contributed by atoms with Crippen molar-refractivity contribution in [3.63, 3.8) is 0 Å². The molecule has 4 aromatic heterocycles. The van der Waals surface area contributed by atoms with Crippen LogP contribution in [-0.4, -0.2) is 102 Å². The molecule has 2 unspecified atom stereocenters. The first kappa shape index (κ1) is 51.5. The Morgan fingerprint density at radius 1 is 0.522 bits per heavy atom. The summed E-state index contributed by atoms with van der Waals surface area (Å²) in [6, 6.07) is 33.7. The maximum absolute atomic E-state index is 13.9. The zero-order valence-electron chi connectivity index (χ0n) is 36.5. The number of nitrogens with one attached hydrogen (secondary N) is 1. The van der Waals surface area contributed by atoms with Gasteiger partial charge in [-0.2, -0.15) is 29.9 Å². The number of benzene rings is 4. The molecule has 10 rings (SSSR count). The predicted molar refractivity (Wildman–Crippen MR) is 261 cm³/mol. The number of ether oxygens (including phenoxy) is 2. The van der Waals surface area contributed by atoms with E-state index in [1.165, 1.54) is 14.7 Å². The van der Waals surface area contributed by atoms with Crippen molar-refractivity contribution in [2.45, 2.75) is 53.6 Å². The third-order valence-electron chi connectivity index (χ3n) is 10.7. The number of aromatic nitrogens is 10. The Bertz CT molecular complexity index is 2860. The number of imidazole rings is 2. The maximum atomic E-state index is 13.9. The number of anilines is 3. The van der Waals surface area contributed by atoms with Crippen LogP contribution in [0.5, 0.6) is 0 Å². The summed E-state index contributed by atoms with van der Waals surface area (Å²) in [5.41, 5.74) is 9.73. The predicted octanol–water partition coefficient (Wildman–Crippen LogP) is 9.77. The molecule has 3 N–H and O–H groups in total. The molecule has 2 fully saturated rings. The van der Waals surface area contributed by atoms with E-state index in [9.17, 15) is 17.6 Å². The van der Waals surface area contributed by atoms with Gasteiger partial charge in [0.15, 0.2) is 11.6 Å². The smallest absolute Gasteiger partial charge is 0.296 e. The summed E-state index contributed by atoms with van der Waals surface area (Å²) >= 11 is 6.03. The molecule has 364 valence electrons. The van der Waals surface area contributed by atoms with Crippen molar-refractivity contribution >= 4 is 51.5 Å². The molecule has 8 aromatic rings. The summed E-state index contributed by atoms with van der Waals surface area (Å²) in [6.07, 6.45) is -5.57. The SMILES string of the molecule is C.C.CC(N)c1ccccc1.CC(Nc1nc(N2CCOCC2)nc(-n2c(C(F)F)nc3ccccc32)n1)c1ccccc1.FC(F)c1nc2ccccc2n1-c1nc(Cl)nc(N2CCOCC2)n1. The van der Waals surface area contributed by atoms with Crippen LogP contribution in [0.15, 0.2) is 109 Å². The van der Waals surface area contributed by atoms with Gasteiger partial charge >= 0.3 is 0 Å². The van der Waals surface area contributed by atoms with Crippen LogP contribution in [0, 0.1) is 0 Å². The normalized spacial score (nSPS) is 14.5. The van der Waals surface area contributed by atoms with E-state index >= 15 is 0 Å². The molecular formula is C48H55ClF4N14O2. The summed E-state index contributed by atoms with van der Waals surface area (Å²) in [6.45, 7) is 8.51. The minimum Gasteiger partial charge on any atom is -0.378 e. The minimum atomic E-state index is -2.79. The monoisotopic (exact) mass is 970 g/mol. The van der Waals surface area contributed by atoms with Crippen molar-refractivity contribution in [2.75, 3.05) is 67.7 Å². The molecular weight excluding hydrogens is 916 g/mol. The van der Waals surface area contributed by atoms with Gasteiger partial charge in [-0.1, -0.05) is 99.8 Å². The van der Waals surface area contributed by atoms with E-state index in [0.717, 1.165) is 5.56 Å². The van der Waals surface area contributed by atoms with E-state index in [0.29, 0.717) is 92.5 Å². The van der Waals surface area contributed by atoms with Crippen molar-refractivity contribution in [2.24, 2.45) is 5.73 Å². The van der Waals surface area contributed by atoms with Crippen LogP contribution in [0.2, 0.25) is 5.28 Å². The minimum absolute atomic E-state index is 0. The fourth-order valence-corrected chi connectivity index (χ4v) is 7.49. The van der Waals surface area contributed by atoms with E-state index < -0.39 is 24.5 Å². The molecule has 2 saturated heterocycles. The number of hydrogen-bond acceptors (Lipinski definition) is 14. The van der Waals surface area contributed by atoms with Crippen LogP contribution in [-0.2, 0) is 9.47 Å². The molecule has 21 heteroatoms. The third-order valence-corrected chi connectivity index (χ3v) is 10.9. The zero-order valence-corrected chi connectivity index (χ0v) is 37.3. The highest BCUT2D eigenvalue weighted by atomic mass is 35.5. The number of para-hydroxylation sites is 4. The summed E-state index contributed by atoms with van der Waals surface area (Å²) in [5.74, 6) is 0.314. The highest BCUT2D eigenvalue weighted by Crippen LogP contribution is 2.30. The van der Waals surface area contributed by atoms with Crippen LogP contribution in [0.4, 0.5) is 35.4 Å². The molecule has 6 heterocycles. The largest absolute Gasteiger partial charge is 0.378 e. The molecule has 2 aliphatic heterocycles. The Morgan fingerprint density at radius 2 is 0.913 bits per heavy atom. The Balaban J connectivity index is 0.000000192. The Morgan fingerprint density at radius 3 is 1.36 bits per heavy atom. The lowest BCUT2D eigenvalue weighted by molar-refractivity contribution is 0.122. The fraction of sp³-hybridized carbons (Fsp3) is 0.333. The summed E-state index contributed by atoms with van der Waals surface area (Å²) in [7, 11) is 0. The molecule has 2 aliphatic rings. The molecule has 0 radical (unpaired) electrons. The first-order chi connectivity index (χ1) is 32.5. The molecule has 69 heavy (non-hydrogen) atoms. The number of fused-ring (bicyclic) bond motifs is 2. The van der Waals surface area contributed by atoms with Gasteiger partial charge in [0.25, 0.3) is 12.9 Å². The maximum Gasteiger partial charge on any atom is 0.296 e. The van der Waals surface area contributed by atoms with Crippen molar-refractivity contribution in [1.82, 2.24) is 49.0 Å². The second kappa shape index (κ2) is 23.9. The first-order valence-corrected chi connectivity index (χ1v) is 21.9. The quantitative estimate of drug-likeness (QED) is 0.124. The molecule has 0 bridgehead atoms. The van der Waals surface area contributed by atoms with Gasteiger partial charge in [0.2, 0.25) is 35.0 Å². The Labute approximate surface area is 402 Å². The van der Waals surface area contributed by atoms with Crippen LogP contribution >= 0.6 is 11.6 Å². The summed E-state index contributed by atoms with van der Waals surface area (Å²) in [5, 5.41) is 3.23. The van der Waals surface area contributed by atoms with Crippen LogP contribution in [0.3, 0.4) is 0 Å². The van der Waals surface area contributed by atoms with Gasteiger partial charge in [-0.3, -0.25) is 9.13 Å². The second-order valence-corrected chi connectivity index (χ2v) is 15.7. The standard InChI is InChI=1S/C23H23F2N7O.C15H13ClF2N6O.C8H11N.2CH4/c1-15(16-7-3-2-4-8-16)26-21-28-22(31-11-13-33-14-12-31)30-23(29-21)32-18-10-6-5-9-17(18)27-20(32)19(24)25;16-13-20-14(23-5-7-25-8-6-23)22-15(21-13)24-10-4-2-1-3-9(10)19-12(24)11(17)18;1-7(9)8-5-3-2-4-6-8;;/h2-10,15,19H,11-14H2,1H3,(H,26,28,29,30);1-4,11H,5-8H2;2-7H,9H2,1H3;2*1H4. The van der Waals surface area contributed by atoms with E-state index in [4.69, 9.17) is 26.8 Å². The number of rotatable bonds is 10. The van der Waals surface area contributed by atoms with Crippen molar-refractivity contribution in [3.05, 3.63) is 137 Å². The molecule has 0 aliphatic carbocycles. The lowest BCUT2D eigenvalue weighted by Crippen LogP contribution is -2.37. The molecule has 0 spiro atoms. The Kier molecular flexibility index (Phi) is 17.9. The van der Waals surface area contributed by atoms with Gasteiger partial charge < -0.3 is 30.3 Å². The number of halogens is 5. The van der Waals surface area contributed by atoms with Crippen molar-refractivity contribution < 1.29 is 27.0 Å². The number of nitrogens with zero attached hydrogens (tertiary/aromatic N) is 12. The summed E-state index contributed by atoms with van der Waals surface area (Å²) < 4.78 is 68.1. The van der Waals surface area contributed by atoms with E-state index in [-0.39, 0.29) is 44.1 Å². The third kappa shape index (κ3) is 12.4. The van der Waals surface area contributed by atoms with Crippen LogP contribution in [0.25, 0.3) is 34.0 Å². The van der Waals surface area contributed by atoms with Crippen LogP contribution in [0.1, 0.15) is 76.4 Å². The highest BCUT2D eigenvalue weighted by Gasteiger charge is 2.26. The van der Waals surface area contributed by atoms with Gasteiger partial charge in [0.1, 0.15) is 0 Å². The number of nitrogens with two attached hydrogens (primary N) is 1. The lowest BCUT2D eigenvalue weighted by Gasteiger charge is -2.27. The van der Waals surface area contributed by atoms with Gasteiger partial charge in [0, 0.05) is 32.2 Å². The highest BCUT2D eigenvalue weighted by molar-refractivity contribution is 6.28. The average Bonchev–Trinajstić information content (AvgIpc) is 3.96. The van der Waals surface area contributed by atoms with Gasteiger partial charge in [0.05, 0.1) is 54.5 Å². The molecule has 0 amide bonds. The second-order valence-electron chi connectivity index (χ2n) is 15.3.